The number of hydrogen-bond acceptors (Lipinski definition) is 2. The second kappa shape index (κ2) is 4.34. The second-order valence-electron chi connectivity index (χ2n) is 7.58. The molecule has 4 bridgehead atoms. The van der Waals surface area contributed by atoms with Crippen LogP contribution in [0.4, 0.5) is 0 Å². The van der Waals surface area contributed by atoms with Gasteiger partial charge in [-0.05, 0) is 55.4 Å². The number of rotatable bonds is 2. The van der Waals surface area contributed by atoms with Gasteiger partial charge >= 0.3 is 5.97 Å². The summed E-state index contributed by atoms with van der Waals surface area (Å²) in [6.07, 6.45) is 6.50. The molecule has 4 atom stereocenters. The van der Waals surface area contributed by atoms with Crippen LogP contribution < -0.4 is 0 Å². The van der Waals surface area contributed by atoms with Gasteiger partial charge in [-0.1, -0.05) is 46.3 Å². The highest BCUT2D eigenvalue weighted by molar-refractivity contribution is 9.10. The Labute approximate surface area is 134 Å². The van der Waals surface area contributed by atoms with E-state index in [1.807, 2.05) is 0 Å². The minimum atomic E-state index is -0.270. The van der Waals surface area contributed by atoms with Crippen LogP contribution in [0.1, 0.15) is 44.1 Å². The summed E-state index contributed by atoms with van der Waals surface area (Å²) in [6.45, 7) is 0. The molecular weight excluding hydrogens is 328 g/mol. The molecule has 0 spiro atoms. The fourth-order valence-corrected chi connectivity index (χ4v) is 7.41. The Morgan fingerprint density at radius 3 is 2.57 bits per heavy atom. The van der Waals surface area contributed by atoms with E-state index >= 15 is 0 Å². The van der Waals surface area contributed by atoms with E-state index in [4.69, 9.17) is 4.74 Å². The average Bonchev–Trinajstić information content (AvgIpc) is 2.45. The standard InChI is InChI=1S/C18H21BrO2/c1-21-15(20)17-8-13-7-16(10-17,11-18(19,9-13)12-17)14-5-3-2-4-6-14/h2-6,13H,7-12H2,1H3. The normalized spacial score (nSPS) is 43.8. The van der Waals surface area contributed by atoms with E-state index in [1.54, 1.807) is 0 Å². The molecule has 5 rings (SSSR count). The maximum Gasteiger partial charge on any atom is 0.311 e. The molecule has 1 aromatic rings. The molecule has 0 aliphatic heterocycles. The van der Waals surface area contributed by atoms with Gasteiger partial charge in [0.1, 0.15) is 0 Å². The first-order valence-corrected chi connectivity index (χ1v) is 8.62. The summed E-state index contributed by atoms with van der Waals surface area (Å²) < 4.78 is 5.32. The van der Waals surface area contributed by atoms with Crippen LogP contribution in [0, 0.1) is 11.3 Å². The predicted molar refractivity (Wildman–Crippen MR) is 85.4 cm³/mol. The first kappa shape index (κ1) is 13.8. The number of methoxy groups -OCH3 is 1. The zero-order valence-corrected chi connectivity index (χ0v) is 14.0. The Morgan fingerprint density at radius 1 is 1.14 bits per heavy atom. The molecule has 0 amide bonds. The monoisotopic (exact) mass is 348 g/mol. The fourth-order valence-electron chi connectivity index (χ4n) is 5.88. The molecule has 0 radical (unpaired) electrons. The highest BCUT2D eigenvalue weighted by atomic mass is 79.9. The number of carbonyl (C=O) groups is 1. The zero-order valence-electron chi connectivity index (χ0n) is 12.4. The molecule has 4 aliphatic carbocycles. The molecule has 1 aromatic carbocycles. The van der Waals surface area contributed by atoms with Gasteiger partial charge < -0.3 is 4.74 Å². The molecule has 0 saturated heterocycles. The van der Waals surface area contributed by atoms with E-state index in [2.05, 4.69) is 46.3 Å². The van der Waals surface area contributed by atoms with Crippen LogP contribution in [0.5, 0.6) is 0 Å². The van der Waals surface area contributed by atoms with Crippen LogP contribution in [0.25, 0.3) is 0 Å². The summed E-state index contributed by atoms with van der Waals surface area (Å²) in [6, 6.07) is 10.8. The van der Waals surface area contributed by atoms with Crippen LogP contribution in [-0.4, -0.2) is 17.4 Å². The third-order valence-electron chi connectivity index (χ3n) is 6.01. The fraction of sp³-hybridized carbons (Fsp3) is 0.611. The quantitative estimate of drug-likeness (QED) is 0.590. The van der Waals surface area contributed by atoms with E-state index in [9.17, 15) is 4.79 Å². The Balaban J connectivity index is 1.82. The average molecular weight is 349 g/mol. The molecule has 3 heteroatoms. The van der Waals surface area contributed by atoms with Crippen LogP contribution in [-0.2, 0) is 14.9 Å². The highest BCUT2D eigenvalue weighted by Crippen LogP contribution is 2.69. The van der Waals surface area contributed by atoms with Gasteiger partial charge in [-0.2, -0.15) is 0 Å². The van der Waals surface area contributed by atoms with E-state index in [0.717, 1.165) is 25.7 Å². The van der Waals surface area contributed by atoms with E-state index < -0.39 is 0 Å². The SMILES string of the molecule is COC(=O)C12CC3CC(Br)(C1)CC(c1ccccc1)(C3)C2. The topological polar surface area (TPSA) is 26.3 Å². The van der Waals surface area contributed by atoms with Gasteiger partial charge in [0.05, 0.1) is 12.5 Å². The van der Waals surface area contributed by atoms with Gasteiger partial charge in [-0.3, -0.25) is 4.79 Å². The molecule has 2 nitrogen and oxygen atoms in total. The Hall–Kier alpha value is -0.830. The van der Waals surface area contributed by atoms with E-state index in [0.29, 0.717) is 5.92 Å². The maximum atomic E-state index is 12.5. The van der Waals surface area contributed by atoms with Crippen molar-refractivity contribution in [3.63, 3.8) is 0 Å². The van der Waals surface area contributed by atoms with Crippen molar-refractivity contribution in [3.05, 3.63) is 35.9 Å². The molecule has 4 saturated carbocycles. The van der Waals surface area contributed by atoms with Gasteiger partial charge in [0.25, 0.3) is 0 Å². The van der Waals surface area contributed by atoms with Crippen molar-refractivity contribution in [1.29, 1.82) is 0 Å². The van der Waals surface area contributed by atoms with E-state index in [-0.39, 0.29) is 21.1 Å². The predicted octanol–water partition coefficient (Wildman–Crippen LogP) is 4.22. The Morgan fingerprint density at radius 2 is 1.90 bits per heavy atom. The lowest BCUT2D eigenvalue weighted by Gasteiger charge is -2.64. The van der Waals surface area contributed by atoms with Crippen molar-refractivity contribution in [1.82, 2.24) is 0 Å². The van der Waals surface area contributed by atoms with Crippen LogP contribution in [0.15, 0.2) is 30.3 Å². The number of ether oxygens (including phenoxy) is 1. The Bertz CT molecular complexity index is 586. The highest BCUT2D eigenvalue weighted by Gasteiger charge is 2.65. The van der Waals surface area contributed by atoms with Gasteiger partial charge in [-0.25, -0.2) is 0 Å². The summed E-state index contributed by atoms with van der Waals surface area (Å²) in [7, 11) is 1.54. The summed E-state index contributed by atoms with van der Waals surface area (Å²) >= 11 is 4.01. The molecule has 0 aromatic heterocycles. The summed E-state index contributed by atoms with van der Waals surface area (Å²) in [5, 5.41) is 0. The molecule has 112 valence electrons. The van der Waals surface area contributed by atoms with Gasteiger partial charge in [0.2, 0.25) is 0 Å². The van der Waals surface area contributed by atoms with Crippen LogP contribution in [0.3, 0.4) is 0 Å². The molecular formula is C18H21BrO2. The lowest BCUT2D eigenvalue weighted by atomic mass is 9.43. The number of alkyl halides is 1. The second-order valence-corrected chi connectivity index (χ2v) is 9.26. The minimum Gasteiger partial charge on any atom is -0.469 e. The number of halogens is 1. The molecule has 0 heterocycles. The maximum absolute atomic E-state index is 12.5. The van der Waals surface area contributed by atoms with E-state index in [1.165, 1.54) is 25.5 Å². The first-order chi connectivity index (χ1) is 9.99. The molecule has 0 N–H and O–H groups in total. The zero-order chi connectivity index (χ0) is 14.7. The van der Waals surface area contributed by atoms with Crippen molar-refractivity contribution < 1.29 is 9.53 Å². The summed E-state index contributed by atoms with van der Waals surface area (Å²) in [4.78, 5) is 12.5. The van der Waals surface area contributed by atoms with Crippen molar-refractivity contribution in [2.45, 2.75) is 48.3 Å². The molecule has 4 unspecified atom stereocenters. The first-order valence-electron chi connectivity index (χ1n) is 7.82. The smallest absolute Gasteiger partial charge is 0.311 e. The van der Waals surface area contributed by atoms with Crippen molar-refractivity contribution in [3.8, 4) is 0 Å². The van der Waals surface area contributed by atoms with Crippen LogP contribution in [0.2, 0.25) is 0 Å². The van der Waals surface area contributed by atoms with Gasteiger partial charge in [-0.15, -0.1) is 0 Å². The van der Waals surface area contributed by atoms with Crippen LogP contribution >= 0.6 is 15.9 Å². The lowest BCUT2D eigenvalue weighted by molar-refractivity contribution is -0.168. The molecule has 4 aliphatic rings. The molecule has 4 fully saturated rings. The minimum absolute atomic E-state index is 0.00994. The van der Waals surface area contributed by atoms with Crippen molar-refractivity contribution >= 4 is 21.9 Å². The number of carbonyl (C=O) groups excluding carboxylic acids is 1. The third kappa shape index (κ3) is 1.93. The largest absolute Gasteiger partial charge is 0.469 e. The number of esters is 1. The Kier molecular flexibility index (Phi) is 2.86. The molecule has 21 heavy (non-hydrogen) atoms. The van der Waals surface area contributed by atoms with Gasteiger partial charge in [0.15, 0.2) is 0 Å². The van der Waals surface area contributed by atoms with Crippen molar-refractivity contribution in [2.24, 2.45) is 11.3 Å². The van der Waals surface area contributed by atoms with Crippen molar-refractivity contribution in [2.75, 3.05) is 7.11 Å². The van der Waals surface area contributed by atoms with Gasteiger partial charge in [0, 0.05) is 4.32 Å². The summed E-state index contributed by atoms with van der Waals surface area (Å²) in [5.74, 6) is 0.649. The summed E-state index contributed by atoms with van der Waals surface area (Å²) in [5.41, 5.74) is 1.29. The lowest BCUT2D eigenvalue weighted by Crippen LogP contribution is -2.62. The number of hydrogen-bond donors (Lipinski definition) is 0. The third-order valence-corrected chi connectivity index (χ3v) is 6.89. The number of benzene rings is 1.